The molecular formula is C18H17N5O4. The summed E-state index contributed by atoms with van der Waals surface area (Å²) in [6, 6.07) is 10.2. The molecule has 1 aromatic heterocycles. The van der Waals surface area contributed by atoms with Crippen molar-refractivity contribution in [2.75, 3.05) is 18.5 Å². The summed E-state index contributed by atoms with van der Waals surface area (Å²) in [6.07, 6.45) is -0.708. The van der Waals surface area contributed by atoms with Crippen LogP contribution in [0.2, 0.25) is 0 Å². The summed E-state index contributed by atoms with van der Waals surface area (Å²) in [5.74, 6) is -0.222. The van der Waals surface area contributed by atoms with E-state index < -0.39 is 18.1 Å². The second kappa shape index (κ2) is 7.80. The minimum absolute atomic E-state index is 0.0511. The van der Waals surface area contributed by atoms with Gasteiger partial charge in [-0.05, 0) is 19.1 Å². The molecule has 27 heavy (non-hydrogen) atoms. The number of nitrogens with one attached hydrogen (secondary N) is 1. The van der Waals surface area contributed by atoms with Crippen molar-refractivity contribution in [2.45, 2.75) is 19.1 Å². The third-order valence-electron chi connectivity index (χ3n) is 4.18. The minimum Gasteiger partial charge on any atom is -0.465 e. The number of morpholine rings is 1. The summed E-state index contributed by atoms with van der Waals surface area (Å²) < 4.78 is 5.45. The van der Waals surface area contributed by atoms with E-state index in [1.807, 2.05) is 0 Å². The van der Waals surface area contributed by atoms with Gasteiger partial charge in [-0.3, -0.25) is 4.79 Å². The number of hydrogen-bond acceptors (Lipinski definition) is 6. The van der Waals surface area contributed by atoms with Crippen LogP contribution >= 0.6 is 0 Å². The number of rotatable bonds is 3. The molecule has 1 aromatic carbocycles. The molecular weight excluding hydrogens is 350 g/mol. The summed E-state index contributed by atoms with van der Waals surface area (Å²) in [4.78, 5) is 33.0. The summed E-state index contributed by atoms with van der Waals surface area (Å²) in [6.45, 7) is 1.80. The van der Waals surface area contributed by atoms with Gasteiger partial charge < -0.3 is 20.1 Å². The number of carbonyl (C=O) groups is 2. The predicted molar refractivity (Wildman–Crippen MR) is 94.7 cm³/mol. The second-order valence-corrected chi connectivity index (χ2v) is 6.08. The number of carbonyl (C=O) groups excluding carboxylic acids is 1. The lowest BCUT2D eigenvalue weighted by molar-refractivity contribution is -0.134. The van der Waals surface area contributed by atoms with Crippen LogP contribution in [0.4, 0.5) is 10.6 Å². The van der Waals surface area contributed by atoms with Crippen LogP contribution in [0.1, 0.15) is 12.5 Å². The van der Waals surface area contributed by atoms with Crippen molar-refractivity contribution in [1.29, 1.82) is 5.26 Å². The van der Waals surface area contributed by atoms with E-state index in [-0.39, 0.29) is 25.0 Å². The standard InChI is InChI=1S/C18H17N5O4/c1-11-9-27-15(8-23(11)18(25)26)17(24)22-16-6-14(20-10-21-16)13-4-2-3-12(5-13)7-19/h2-6,10-11,15H,8-9H2,1H3,(H,25,26)(H,20,21,22,24)/t11?,15-/m1/s1. The average Bonchev–Trinajstić information content (AvgIpc) is 2.68. The van der Waals surface area contributed by atoms with Crippen molar-refractivity contribution >= 4 is 17.8 Å². The van der Waals surface area contributed by atoms with Gasteiger partial charge in [0, 0.05) is 11.6 Å². The number of nitrogens with zero attached hydrogens (tertiary/aromatic N) is 4. The van der Waals surface area contributed by atoms with Crippen molar-refractivity contribution in [1.82, 2.24) is 14.9 Å². The highest BCUT2D eigenvalue weighted by atomic mass is 16.5. The van der Waals surface area contributed by atoms with Gasteiger partial charge in [0.05, 0.1) is 36.5 Å². The molecule has 1 aliphatic rings. The molecule has 1 fully saturated rings. The first-order valence-corrected chi connectivity index (χ1v) is 8.22. The molecule has 0 saturated carbocycles. The smallest absolute Gasteiger partial charge is 0.407 e. The predicted octanol–water partition coefficient (Wildman–Crippen LogP) is 1.72. The Hall–Kier alpha value is -3.51. The Morgan fingerprint density at radius 3 is 2.93 bits per heavy atom. The molecule has 2 aromatic rings. The highest BCUT2D eigenvalue weighted by Crippen LogP contribution is 2.20. The molecule has 2 N–H and O–H groups in total. The molecule has 2 heterocycles. The highest BCUT2D eigenvalue weighted by molar-refractivity contribution is 5.94. The Kier molecular flexibility index (Phi) is 5.28. The summed E-state index contributed by atoms with van der Waals surface area (Å²) in [5.41, 5.74) is 1.75. The molecule has 2 amide bonds. The van der Waals surface area contributed by atoms with Gasteiger partial charge in [0.15, 0.2) is 6.10 Å². The van der Waals surface area contributed by atoms with Crippen LogP contribution in [-0.4, -0.2) is 57.3 Å². The quantitative estimate of drug-likeness (QED) is 0.845. The number of amides is 2. The first kappa shape index (κ1) is 18.3. The molecule has 138 valence electrons. The lowest BCUT2D eigenvalue weighted by Crippen LogP contribution is -2.54. The van der Waals surface area contributed by atoms with E-state index in [9.17, 15) is 14.7 Å². The van der Waals surface area contributed by atoms with E-state index in [0.717, 1.165) is 0 Å². The van der Waals surface area contributed by atoms with Crippen LogP contribution < -0.4 is 5.32 Å². The van der Waals surface area contributed by atoms with E-state index in [1.54, 1.807) is 37.3 Å². The van der Waals surface area contributed by atoms with Gasteiger partial charge in [0.1, 0.15) is 12.1 Å². The van der Waals surface area contributed by atoms with Gasteiger partial charge in [-0.1, -0.05) is 12.1 Å². The summed E-state index contributed by atoms with van der Waals surface area (Å²) in [5, 5.41) is 20.8. The largest absolute Gasteiger partial charge is 0.465 e. The van der Waals surface area contributed by atoms with Crippen molar-refractivity contribution < 1.29 is 19.4 Å². The molecule has 1 aliphatic heterocycles. The first-order chi connectivity index (χ1) is 13.0. The van der Waals surface area contributed by atoms with E-state index >= 15 is 0 Å². The van der Waals surface area contributed by atoms with Crippen molar-refractivity contribution in [2.24, 2.45) is 0 Å². The molecule has 1 unspecified atom stereocenters. The Morgan fingerprint density at radius 2 is 2.19 bits per heavy atom. The summed E-state index contributed by atoms with van der Waals surface area (Å²) >= 11 is 0. The fourth-order valence-corrected chi connectivity index (χ4v) is 2.72. The van der Waals surface area contributed by atoms with Crippen molar-refractivity contribution in [3.63, 3.8) is 0 Å². The lowest BCUT2D eigenvalue weighted by Gasteiger charge is -2.35. The molecule has 1 saturated heterocycles. The maximum Gasteiger partial charge on any atom is 0.407 e. The van der Waals surface area contributed by atoms with Crippen LogP contribution in [0.25, 0.3) is 11.3 Å². The Bertz CT molecular complexity index is 911. The number of aromatic nitrogens is 2. The van der Waals surface area contributed by atoms with E-state index in [2.05, 4.69) is 21.4 Å². The first-order valence-electron chi connectivity index (χ1n) is 8.22. The number of anilines is 1. The zero-order chi connectivity index (χ0) is 19.4. The van der Waals surface area contributed by atoms with E-state index in [4.69, 9.17) is 10.00 Å². The average molecular weight is 367 g/mol. The SMILES string of the molecule is CC1CO[C@@H](C(=O)Nc2cc(-c3cccc(C#N)c3)ncn2)CN1C(=O)O. The van der Waals surface area contributed by atoms with Crippen molar-refractivity contribution in [3.8, 4) is 17.3 Å². The van der Waals surface area contributed by atoms with Gasteiger partial charge in [-0.2, -0.15) is 5.26 Å². The Balaban J connectivity index is 1.73. The van der Waals surface area contributed by atoms with Gasteiger partial charge >= 0.3 is 6.09 Å². The second-order valence-electron chi connectivity index (χ2n) is 6.08. The van der Waals surface area contributed by atoms with Gasteiger partial charge in [0.25, 0.3) is 5.91 Å². The van der Waals surface area contributed by atoms with Crippen LogP contribution in [0.15, 0.2) is 36.7 Å². The zero-order valence-corrected chi connectivity index (χ0v) is 14.5. The van der Waals surface area contributed by atoms with Gasteiger partial charge in [-0.15, -0.1) is 0 Å². The molecule has 0 aliphatic carbocycles. The molecule has 0 spiro atoms. The fraction of sp³-hybridized carbons (Fsp3) is 0.278. The lowest BCUT2D eigenvalue weighted by atomic mass is 10.1. The maximum absolute atomic E-state index is 12.4. The third-order valence-corrected chi connectivity index (χ3v) is 4.18. The van der Waals surface area contributed by atoms with Gasteiger partial charge in [-0.25, -0.2) is 14.8 Å². The number of carboxylic acid groups (broad SMARTS) is 1. The Morgan fingerprint density at radius 1 is 1.37 bits per heavy atom. The van der Waals surface area contributed by atoms with E-state index in [1.165, 1.54) is 11.2 Å². The Labute approximate surface area is 155 Å². The minimum atomic E-state index is -1.09. The molecule has 0 radical (unpaired) electrons. The molecule has 3 rings (SSSR count). The number of nitriles is 1. The number of benzene rings is 1. The highest BCUT2D eigenvalue weighted by Gasteiger charge is 2.33. The van der Waals surface area contributed by atoms with Gasteiger partial charge in [0.2, 0.25) is 0 Å². The summed E-state index contributed by atoms with van der Waals surface area (Å²) in [7, 11) is 0. The number of hydrogen-bond donors (Lipinski definition) is 2. The third kappa shape index (κ3) is 4.19. The van der Waals surface area contributed by atoms with E-state index in [0.29, 0.717) is 16.8 Å². The van der Waals surface area contributed by atoms with Crippen molar-refractivity contribution in [3.05, 3.63) is 42.2 Å². The molecule has 9 heteroatoms. The van der Waals surface area contributed by atoms with Crippen LogP contribution in [0.5, 0.6) is 0 Å². The fourth-order valence-electron chi connectivity index (χ4n) is 2.72. The zero-order valence-electron chi connectivity index (χ0n) is 14.5. The molecule has 0 bridgehead atoms. The van der Waals surface area contributed by atoms with Crippen LogP contribution in [0, 0.1) is 11.3 Å². The molecule has 9 nitrogen and oxygen atoms in total. The monoisotopic (exact) mass is 367 g/mol. The van der Waals surface area contributed by atoms with Crippen LogP contribution in [0.3, 0.4) is 0 Å². The normalized spacial score (nSPS) is 19.2. The topological polar surface area (TPSA) is 128 Å². The molecule has 2 atom stereocenters. The number of ether oxygens (including phenoxy) is 1. The van der Waals surface area contributed by atoms with Crippen LogP contribution in [-0.2, 0) is 9.53 Å². The maximum atomic E-state index is 12.4.